The Labute approximate surface area is 247 Å². The Morgan fingerprint density at radius 3 is 2.42 bits per heavy atom. The van der Waals surface area contributed by atoms with Crippen LogP contribution in [0, 0.1) is 0 Å². The molecule has 1 aromatic carbocycles. The van der Waals surface area contributed by atoms with Gasteiger partial charge in [-0.2, -0.15) is 4.98 Å². The molecule has 0 spiro atoms. The van der Waals surface area contributed by atoms with Crippen LogP contribution in [0.15, 0.2) is 35.3 Å². The normalized spacial score (nSPS) is 12.0. The smallest absolute Gasteiger partial charge is 0.466 e. The Morgan fingerprint density at radius 1 is 1.07 bits per heavy atom. The van der Waals surface area contributed by atoms with Crippen LogP contribution in [0.1, 0.15) is 35.3 Å². The van der Waals surface area contributed by atoms with Gasteiger partial charge in [0.1, 0.15) is 6.04 Å². The minimum atomic E-state index is -3.80. The maximum Gasteiger partial charge on any atom is 0.750 e. The third-order valence-electron chi connectivity index (χ3n) is 5.93. The first-order valence-electron chi connectivity index (χ1n) is 13.0. The topological polar surface area (TPSA) is 245 Å². The number of fused-ring (bicyclic) bond motifs is 1. The molecule has 43 heavy (non-hydrogen) atoms. The Balaban J connectivity index is 1.66. The number of nitrogen functional groups attached to an aromatic ring is 1. The summed E-state index contributed by atoms with van der Waals surface area (Å²) in [6, 6.07) is 5.09. The van der Waals surface area contributed by atoms with E-state index in [1.807, 2.05) is 0 Å². The lowest BCUT2D eigenvalue weighted by Crippen LogP contribution is -2.52. The molecule has 0 saturated carbocycles. The number of aromatic nitrogens is 4. The number of carbonyl (C=O) groups is 3. The van der Waals surface area contributed by atoms with Gasteiger partial charge in [0.05, 0.1) is 25.0 Å². The van der Waals surface area contributed by atoms with E-state index in [9.17, 15) is 19.2 Å². The lowest BCUT2D eigenvalue weighted by Gasteiger charge is -2.25. The minimum absolute atomic E-state index is 0.0545. The highest BCUT2D eigenvalue weighted by molar-refractivity contribution is 6.55. The summed E-state index contributed by atoms with van der Waals surface area (Å²) in [5, 5.41) is 5.70. The van der Waals surface area contributed by atoms with Gasteiger partial charge in [-0.1, -0.05) is 0 Å². The first-order valence-corrected chi connectivity index (χ1v) is 14.7. The molecule has 1 atom stereocenters. The predicted molar refractivity (Wildman–Crippen MR) is 154 cm³/mol. The van der Waals surface area contributed by atoms with E-state index in [4.69, 9.17) is 33.9 Å². The van der Waals surface area contributed by atoms with E-state index in [0.29, 0.717) is 24.3 Å². The van der Waals surface area contributed by atoms with Crippen LogP contribution in [-0.2, 0) is 38.6 Å². The summed E-state index contributed by atoms with van der Waals surface area (Å²) in [7, 11) is -0.0358. The highest BCUT2D eigenvalue weighted by Crippen LogP contribution is 2.15. The highest BCUT2D eigenvalue weighted by Gasteiger charge is 2.48. The highest BCUT2D eigenvalue weighted by atomic mass is 28.4. The second-order valence-electron chi connectivity index (χ2n) is 8.88. The molecule has 0 aliphatic carbocycles. The average Bonchev–Trinajstić information content (AvgIpc) is 3.01. The maximum absolute atomic E-state index is 13.0. The van der Waals surface area contributed by atoms with Gasteiger partial charge in [0.25, 0.3) is 5.91 Å². The van der Waals surface area contributed by atoms with Gasteiger partial charge in [-0.3, -0.25) is 19.2 Å². The van der Waals surface area contributed by atoms with E-state index >= 15 is 0 Å². The molecule has 2 aromatic heterocycles. The number of aromatic amines is 1. The van der Waals surface area contributed by atoms with Crippen LogP contribution in [0.3, 0.4) is 0 Å². The first kappa shape index (κ1) is 33.0. The Morgan fingerprint density at radius 2 is 1.77 bits per heavy atom. The summed E-state index contributed by atoms with van der Waals surface area (Å²) in [6.45, 7) is 0.719. The fourth-order valence-corrected chi connectivity index (χ4v) is 4.80. The van der Waals surface area contributed by atoms with E-state index in [2.05, 4.69) is 30.6 Å². The molecule has 0 unspecified atom stereocenters. The summed E-state index contributed by atoms with van der Waals surface area (Å²) in [5.41, 5.74) is 11.9. The van der Waals surface area contributed by atoms with Crippen molar-refractivity contribution in [2.24, 2.45) is 5.73 Å². The molecule has 0 bridgehead atoms. The molecule has 3 rings (SSSR count). The van der Waals surface area contributed by atoms with Crippen molar-refractivity contribution in [1.82, 2.24) is 25.3 Å². The molecule has 0 aliphatic rings. The van der Waals surface area contributed by atoms with E-state index in [1.54, 1.807) is 12.1 Å². The molecular formula is C25H34N8O9Si. The summed E-state index contributed by atoms with van der Waals surface area (Å²) >= 11 is 0. The number of nitrogens with two attached hydrogens (primary N) is 2. The monoisotopic (exact) mass is 618 g/mol. The van der Waals surface area contributed by atoms with Crippen LogP contribution in [0.25, 0.3) is 11.2 Å². The fraction of sp³-hybridized carbons (Fsp3) is 0.400. The largest absolute Gasteiger partial charge is 0.750 e. The van der Waals surface area contributed by atoms with Gasteiger partial charge in [-0.25, -0.2) is 9.97 Å². The van der Waals surface area contributed by atoms with Crippen molar-refractivity contribution in [2.45, 2.75) is 31.8 Å². The van der Waals surface area contributed by atoms with Crippen molar-refractivity contribution in [2.75, 3.05) is 45.5 Å². The Kier molecular flexibility index (Phi) is 12.0. The quantitative estimate of drug-likeness (QED) is 0.0778. The van der Waals surface area contributed by atoms with Gasteiger partial charge in [-0.15, -0.1) is 0 Å². The van der Waals surface area contributed by atoms with Crippen LogP contribution in [-0.4, -0.2) is 87.4 Å². The minimum Gasteiger partial charge on any atom is -0.466 e. The Hall–Kier alpha value is -4.49. The van der Waals surface area contributed by atoms with E-state index in [0.717, 1.165) is 0 Å². The van der Waals surface area contributed by atoms with Crippen LogP contribution in [0.2, 0.25) is 0 Å². The molecular weight excluding hydrogens is 584 g/mol. The van der Waals surface area contributed by atoms with Gasteiger partial charge in [0, 0.05) is 39.0 Å². The zero-order chi connectivity index (χ0) is 31.4. The predicted octanol–water partition coefficient (Wildman–Crippen LogP) is -0.404. The van der Waals surface area contributed by atoms with Crippen molar-refractivity contribution >= 4 is 49.7 Å². The molecule has 2 heterocycles. The molecule has 7 N–H and O–H groups in total. The number of esters is 1. The number of carbonyl (C=O) groups excluding carboxylic acids is 3. The van der Waals surface area contributed by atoms with Gasteiger partial charge >= 0.3 is 26.5 Å². The first-order chi connectivity index (χ1) is 20.6. The number of hydrogen-bond acceptors (Lipinski definition) is 15. The third kappa shape index (κ3) is 9.25. The molecule has 0 fully saturated rings. The van der Waals surface area contributed by atoms with E-state index in [-0.39, 0.29) is 48.7 Å². The number of nitrogens with zero attached hydrogens (tertiary/aromatic N) is 3. The number of amides is 1. The van der Waals surface area contributed by atoms with Crippen LogP contribution in [0.5, 0.6) is 0 Å². The molecule has 0 radical (unpaired) electrons. The molecule has 0 saturated heterocycles. The second kappa shape index (κ2) is 15.7. The van der Waals surface area contributed by atoms with Crippen LogP contribution >= 0.6 is 0 Å². The molecule has 3 aromatic rings. The van der Waals surface area contributed by atoms with E-state index in [1.165, 1.54) is 39.7 Å². The van der Waals surface area contributed by atoms with Crippen molar-refractivity contribution in [3.63, 3.8) is 0 Å². The molecule has 17 nitrogen and oxygen atoms in total. The van der Waals surface area contributed by atoms with E-state index < -0.39 is 38.5 Å². The standard InChI is InChI=1S/C25H34N8O9Si/c1-38-43(39-2,40-3)42-24(37)18(9-10-19(34)41-12-4-11-26)31-22(35)15-5-7-16(8-6-15)28-13-17-14-29-21-20(30-17)23(36)33-25(27)32-21/h5-8,14,18,28H,4,9-13,26H2,1-3H3,(H,31,35)(H3,27,29,32,33,36)/t18-/m0/s1. The second-order valence-corrected chi connectivity index (χ2v) is 11.3. The molecule has 0 aliphatic heterocycles. The average molecular weight is 619 g/mol. The summed E-state index contributed by atoms with van der Waals surface area (Å²) < 4.78 is 25.8. The van der Waals surface area contributed by atoms with Gasteiger partial charge in [0.2, 0.25) is 5.95 Å². The fourth-order valence-electron chi connectivity index (χ4n) is 3.66. The number of H-pyrrole nitrogens is 1. The number of anilines is 2. The summed E-state index contributed by atoms with van der Waals surface area (Å²) in [5.74, 6) is -2.13. The lowest BCUT2D eigenvalue weighted by atomic mass is 10.1. The number of benzene rings is 1. The molecule has 1 amide bonds. The lowest BCUT2D eigenvalue weighted by molar-refractivity contribution is -0.146. The number of hydrogen-bond donors (Lipinski definition) is 5. The number of nitrogens with one attached hydrogen (secondary N) is 3. The van der Waals surface area contributed by atoms with Gasteiger partial charge < -0.3 is 49.5 Å². The Bertz CT molecular complexity index is 1460. The van der Waals surface area contributed by atoms with Gasteiger partial charge in [-0.05, 0) is 43.7 Å². The van der Waals surface area contributed by atoms with Crippen molar-refractivity contribution in [1.29, 1.82) is 0 Å². The zero-order valence-electron chi connectivity index (χ0n) is 23.9. The molecule has 18 heteroatoms. The van der Waals surface area contributed by atoms with Crippen molar-refractivity contribution < 1.29 is 36.8 Å². The van der Waals surface area contributed by atoms with Gasteiger partial charge in [0.15, 0.2) is 11.2 Å². The third-order valence-corrected chi connectivity index (χ3v) is 7.88. The zero-order valence-corrected chi connectivity index (χ0v) is 24.9. The summed E-state index contributed by atoms with van der Waals surface area (Å²) in [4.78, 5) is 64.9. The van der Waals surface area contributed by atoms with Crippen molar-refractivity contribution in [3.8, 4) is 0 Å². The van der Waals surface area contributed by atoms with Crippen LogP contribution < -0.4 is 27.7 Å². The summed E-state index contributed by atoms with van der Waals surface area (Å²) in [6.07, 6.45) is 1.67. The molecule has 232 valence electrons. The van der Waals surface area contributed by atoms with Crippen molar-refractivity contribution in [3.05, 3.63) is 52.1 Å². The number of ether oxygens (including phenoxy) is 1. The maximum atomic E-state index is 13.0. The SMILES string of the molecule is CO[Si](OC)(OC)OC(=O)[C@H](CCC(=O)OCCCN)NC(=O)c1ccc(NCc2cnc3[nH]c(N)nc(=O)c3n2)cc1. The number of rotatable bonds is 16. The van der Waals surface area contributed by atoms with Crippen LogP contribution in [0.4, 0.5) is 11.6 Å².